The Morgan fingerprint density at radius 1 is 1.22 bits per heavy atom. The SMILES string of the molecule is CC(C)(C)OC(=O)N1CCC(OCc2noc(-c3cc4cc([SH](=O)=O)ccc4o3)n2)CC1. The lowest BCUT2D eigenvalue weighted by molar-refractivity contribution is -0.0190. The zero-order valence-electron chi connectivity index (χ0n) is 18.1. The fourth-order valence-corrected chi connectivity index (χ4v) is 3.83. The van der Waals surface area contributed by atoms with Crippen molar-refractivity contribution in [1.29, 1.82) is 0 Å². The highest BCUT2D eigenvalue weighted by atomic mass is 32.2. The maximum Gasteiger partial charge on any atom is 0.410 e. The maximum absolute atomic E-state index is 12.1. The van der Waals surface area contributed by atoms with Crippen LogP contribution in [-0.2, 0) is 26.8 Å². The minimum absolute atomic E-state index is 0.0191. The molecule has 0 radical (unpaired) electrons. The number of carbonyl (C=O) groups excluding carboxylic acids is 1. The van der Waals surface area contributed by atoms with Gasteiger partial charge in [-0.1, -0.05) is 5.16 Å². The highest BCUT2D eigenvalue weighted by Gasteiger charge is 2.27. The molecule has 1 amide bonds. The van der Waals surface area contributed by atoms with Crippen LogP contribution in [0.4, 0.5) is 4.79 Å². The molecule has 0 bridgehead atoms. The average Bonchev–Trinajstić information content (AvgIpc) is 3.37. The quantitative estimate of drug-likeness (QED) is 0.567. The van der Waals surface area contributed by atoms with E-state index in [1.165, 1.54) is 12.1 Å². The van der Waals surface area contributed by atoms with E-state index in [0.29, 0.717) is 48.5 Å². The number of benzene rings is 1. The van der Waals surface area contributed by atoms with Crippen molar-refractivity contribution in [3.63, 3.8) is 0 Å². The molecular weight excluding hydrogens is 438 g/mol. The predicted molar refractivity (Wildman–Crippen MR) is 114 cm³/mol. The number of hydrogen-bond donors (Lipinski definition) is 1. The third kappa shape index (κ3) is 5.28. The Morgan fingerprint density at radius 3 is 2.66 bits per heavy atom. The summed E-state index contributed by atoms with van der Waals surface area (Å²) in [5, 5.41) is 4.55. The lowest BCUT2D eigenvalue weighted by atomic mass is 10.1. The monoisotopic (exact) mass is 463 g/mol. The van der Waals surface area contributed by atoms with Gasteiger partial charge in [-0.05, 0) is 57.9 Å². The van der Waals surface area contributed by atoms with Gasteiger partial charge < -0.3 is 23.3 Å². The summed E-state index contributed by atoms with van der Waals surface area (Å²) in [4.78, 5) is 18.3. The van der Waals surface area contributed by atoms with Gasteiger partial charge in [0.15, 0.2) is 22.3 Å². The highest BCUT2D eigenvalue weighted by molar-refractivity contribution is 7.72. The fraction of sp³-hybridized carbons (Fsp3) is 0.476. The number of likely N-dealkylation sites (tertiary alicyclic amines) is 1. The molecule has 3 aromatic rings. The number of furan rings is 1. The van der Waals surface area contributed by atoms with E-state index in [9.17, 15) is 13.2 Å². The summed E-state index contributed by atoms with van der Waals surface area (Å²) < 4.78 is 44.6. The van der Waals surface area contributed by atoms with Crippen LogP contribution in [0.15, 0.2) is 38.1 Å². The van der Waals surface area contributed by atoms with Gasteiger partial charge in [-0.3, -0.25) is 0 Å². The van der Waals surface area contributed by atoms with Crippen molar-refractivity contribution in [2.75, 3.05) is 13.1 Å². The van der Waals surface area contributed by atoms with Gasteiger partial charge in [-0.2, -0.15) is 4.98 Å². The number of nitrogens with zero attached hydrogens (tertiary/aromatic N) is 3. The van der Waals surface area contributed by atoms with Crippen LogP contribution in [-0.4, -0.2) is 54.3 Å². The Balaban J connectivity index is 1.32. The topological polar surface area (TPSA) is 125 Å². The molecule has 2 aromatic heterocycles. The van der Waals surface area contributed by atoms with E-state index in [4.69, 9.17) is 18.4 Å². The van der Waals surface area contributed by atoms with E-state index in [1.807, 2.05) is 20.8 Å². The summed E-state index contributed by atoms with van der Waals surface area (Å²) in [7, 11) is -2.67. The van der Waals surface area contributed by atoms with Crippen LogP contribution in [0.1, 0.15) is 39.4 Å². The van der Waals surface area contributed by atoms with Gasteiger partial charge in [0.1, 0.15) is 17.8 Å². The summed E-state index contributed by atoms with van der Waals surface area (Å²) >= 11 is 0. The summed E-state index contributed by atoms with van der Waals surface area (Å²) in [6, 6.07) is 6.24. The molecule has 3 heterocycles. The normalized spacial score (nSPS) is 15.6. The zero-order valence-corrected chi connectivity index (χ0v) is 19.0. The molecule has 0 saturated carbocycles. The lowest BCUT2D eigenvalue weighted by Gasteiger charge is -2.33. The largest absolute Gasteiger partial charge is 0.451 e. The number of thiol groups is 1. The van der Waals surface area contributed by atoms with Crippen LogP contribution in [0.25, 0.3) is 22.6 Å². The van der Waals surface area contributed by atoms with Gasteiger partial charge in [-0.15, -0.1) is 0 Å². The van der Waals surface area contributed by atoms with E-state index >= 15 is 0 Å². The second-order valence-electron chi connectivity index (χ2n) is 8.58. The molecule has 0 atom stereocenters. The van der Waals surface area contributed by atoms with Crippen molar-refractivity contribution < 1.29 is 31.6 Å². The number of rotatable bonds is 5. The molecule has 1 aliphatic rings. The van der Waals surface area contributed by atoms with E-state index in [2.05, 4.69) is 10.1 Å². The third-order valence-corrected chi connectivity index (χ3v) is 5.63. The first-order valence-electron chi connectivity index (χ1n) is 10.3. The van der Waals surface area contributed by atoms with Gasteiger partial charge in [0.2, 0.25) is 0 Å². The molecule has 1 aromatic carbocycles. The summed E-state index contributed by atoms with van der Waals surface area (Å²) in [5.74, 6) is 0.911. The van der Waals surface area contributed by atoms with Crippen LogP contribution >= 0.6 is 0 Å². The van der Waals surface area contributed by atoms with Crippen molar-refractivity contribution in [3.8, 4) is 11.7 Å². The van der Waals surface area contributed by atoms with Crippen LogP contribution in [0, 0.1) is 0 Å². The summed E-state index contributed by atoms with van der Waals surface area (Å²) in [6.07, 6.45) is 1.06. The van der Waals surface area contributed by atoms with Crippen molar-refractivity contribution in [2.24, 2.45) is 0 Å². The molecule has 0 N–H and O–H groups in total. The average molecular weight is 464 g/mol. The molecule has 1 aliphatic heterocycles. The molecule has 10 nitrogen and oxygen atoms in total. The molecule has 11 heteroatoms. The Hall–Kier alpha value is -2.92. The predicted octanol–water partition coefficient (Wildman–Crippen LogP) is 3.37. The molecule has 172 valence electrons. The van der Waals surface area contributed by atoms with Crippen LogP contribution in [0.3, 0.4) is 0 Å². The fourth-order valence-electron chi connectivity index (χ4n) is 3.39. The van der Waals surface area contributed by atoms with Crippen LogP contribution in [0.5, 0.6) is 0 Å². The number of carbonyl (C=O) groups is 1. The first-order chi connectivity index (χ1) is 15.2. The smallest absolute Gasteiger partial charge is 0.410 e. The second-order valence-corrected chi connectivity index (χ2v) is 9.61. The Morgan fingerprint density at radius 2 is 1.97 bits per heavy atom. The van der Waals surface area contributed by atoms with E-state index in [0.717, 1.165) is 0 Å². The molecule has 0 aliphatic carbocycles. The molecule has 32 heavy (non-hydrogen) atoms. The van der Waals surface area contributed by atoms with E-state index in [-0.39, 0.29) is 29.6 Å². The molecule has 0 unspecified atom stereocenters. The molecule has 4 rings (SSSR count). The maximum atomic E-state index is 12.1. The van der Waals surface area contributed by atoms with Crippen molar-refractivity contribution >= 4 is 27.8 Å². The lowest BCUT2D eigenvalue weighted by Crippen LogP contribution is -2.43. The third-order valence-electron chi connectivity index (χ3n) is 4.93. The van der Waals surface area contributed by atoms with Crippen LogP contribution < -0.4 is 0 Å². The van der Waals surface area contributed by atoms with Gasteiger partial charge in [-0.25, -0.2) is 13.2 Å². The van der Waals surface area contributed by atoms with Crippen molar-refractivity contribution in [2.45, 2.75) is 56.8 Å². The van der Waals surface area contributed by atoms with Crippen molar-refractivity contribution in [1.82, 2.24) is 15.0 Å². The summed E-state index contributed by atoms with van der Waals surface area (Å²) in [5.41, 5.74) is 0.00594. The first-order valence-corrected chi connectivity index (χ1v) is 11.5. The Bertz CT molecular complexity index is 1180. The highest BCUT2D eigenvalue weighted by Crippen LogP contribution is 2.28. The minimum Gasteiger partial charge on any atom is -0.451 e. The van der Waals surface area contributed by atoms with Crippen molar-refractivity contribution in [3.05, 3.63) is 30.1 Å². The Kier molecular flexibility index (Phi) is 6.20. The number of aromatic nitrogens is 2. The second kappa shape index (κ2) is 8.91. The van der Waals surface area contributed by atoms with Crippen LogP contribution in [0.2, 0.25) is 0 Å². The number of piperidine rings is 1. The van der Waals surface area contributed by atoms with Gasteiger partial charge in [0.25, 0.3) is 5.89 Å². The first kappa shape index (κ1) is 22.3. The molecule has 1 saturated heterocycles. The molecule has 1 fully saturated rings. The summed E-state index contributed by atoms with van der Waals surface area (Å²) in [6.45, 7) is 6.83. The van der Waals surface area contributed by atoms with Gasteiger partial charge >= 0.3 is 6.09 Å². The van der Waals surface area contributed by atoms with E-state index in [1.54, 1.807) is 17.0 Å². The van der Waals surface area contributed by atoms with E-state index < -0.39 is 16.3 Å². The van der Waals surface area contributed by atoms with Gasteiger partial charge in [0, 0.05) is 18.5 Å². The molecule has 0 spiro atoms. The number of fused-ring (bicyclic) bond motifs is 1. The minimum atomic E-state index is -2.67. The molecular formula is C21H25N3O7S. The number of amides is 1. The van der Waals surface area contributed by atoms with Gasteiger partial charge in [0.05, 0.1) is 11.0 Å². The zero-order chi connectivity index (χ0) is 22.9. The standard InChI is InChI=1S/C21H25N3O7S/c1-21(2,3)30-20(25)24-8-6-14(7-9-24)28-12-18-22-19(31-23-18)17-11-13-10-15(32(26)27)4-5-16(13)29-17/h4-5,10-11,14,32H,6-9,12H2,1-3H3. The Labute approximate surface area is 186 Å². The number of ether oxygens (including phenoxy) is 2. The number of hydrogen-bond acceptors (Lipinski definition) is 9.